The topological polar surface area (TPSA) is 34.1 Å². The zero-order chi connectivity index (χ0) is 14.5. The van der Waals surface area contributed by atoms with Gasteiger partial charge in [-0.05, 0) is 26.1 Å². The van der Waals surface area contributed by atoms with Crippen LogP contribution in [0.5, 0.6) is 5.75 Å². The number of ether oxygens (including phenoxy) is 1. The van der Waals surface area contributed by atoms with E-state index in [2.05, 4.69) is 10.3 Å². The molecule has 0 aliphatic rings. The van der Waals surface area contributed by atoms with E-state index in [9.17, 15) is 0 Å². The average Bonchev–Trinajstić information content (AvgIpc) is 2.39. The van der Waals surface area contributed by atoms with Crippen molar-refractivity contribution in [2.24, 2.45) is 0 Å². The average molecular weight is 311 g/mol. The number of aryl methyl sites for hydroxylation is 1. The number of nitrogens with one attached hydrogen (secondary N) is 1. The maximum absolute atomic E-state index is 6.19. The van der Waals surface area contributed by atoms with Crippen molar-refractivity contribution in [2.75, 3.05) is 7.05 Å². The van der Waals surface area contributed by atoms with Gasteiger partial charge in [-0.3, -0.25) is 0 Å². The van der Waals surface area contributed by atoms with Gasteiger partial charge in [0.25, 0.3) is 0 Å². The fourth-order valence-electron chi connectivity index (χ4n) is 1.88. The summed E-state index contributed by atoms with van der Waals surface area (Å²) < 4.78 is 5.83. The molecule has 106 valence electrons. The summed E-state index contributed by atoms with van der Waals surface area (Å²) in [6, 6.07) is 9.64. The number of para-hydroxylation sites is 1. The minimum Gasteiger partial charge on any atom is -0.488 e. The van der Waals surface area contributed by atoms with Crippen LogP contribution in [0, 0.1) is 6.92 Å². The van der Waals surface area contributed by atoms with Crippen molar-refractivity contribution in [2.45, 2.75) is 20.1 Å². The first-order valence-electron chi connectivity index (χ1n) is 6.28. The number of benzene rings is 1. The van der Waals surface area contributed by atoms with Crippen molar-refractivity contribution in [1.82, 2.24) is 10.3 Å². The summed E-state index contributed by atoms with van der Waals surface area (Å²) in [5.74, 6) is 0.814. The Hall–Kier alpha value is -1.29. The van der Waals surface area contributed by atoms with Crippen LogP contribution >= 0.6 is 23.2 Å². The highest BCUT2D eigenvalue weighted by molar-refractivity contribution is 6.35. The number of pyridine rings is 1. The van der Waals surface area contributed by atoms with Crippen LogP contribution in [-0.4, -0.2) is 12.0 Å². The number of rotatable bonds is 5. The maximum atomic E-state index is 6.19. The lowest BCUT2D eigenvalue weighted by molar-refractivity contribution is 0.302. The lowest BCUT2D eigenvalue weighted by Gasteiger charge is -2.13. The van der Waals surface area contributed by atoms with Crippen LogP contribution in [0.2, 0.25) is 10.2 Å². The van der Waals surface area contributed by atoms with Crippen molar-refractivity contribution < 1.29 is 4.74 Å². The third-order valence-electron chi connectivity index (χ3n) is 2.86. The van der Waals surface area contributed by atoms with E-state index in [0.717, 1.165) is 23.6 Å². The van der Waals surface area contributed by atoms with Gasteiger partial charge in [-0.2, -0.15) is 0 Å². The highest BCUT2D eigenvalue weighted by Crippen LogP contribution is 2.26. The van der Waals surface area contributed by atoms with E-state index in [0.29, 0.717) is 22.3 Å². The van der Waals surface area contributed by atoms with Crippen LogP contribution in [0.25, 0.3) is 0 Å². The number of hydrogen-bond donors (Lipinski definition) is 1. The fraction of sp³-hybridized carbons (Fsp3) is 0.267. The van der Waals surface area contributed by atoms with Crippen LogP contribution in [0.15, 0.2) is 30.3 Å². The second-order valence-electron chi connectivity index (χ2n) is 4.44. The Labute approximate surface area is 128 Å². The Bertz CT molecular complexity index is 579. The summed E-state index contributed by atoms with van der Waals surface area (Å²) in [6.45, 7) is 2.89. The summed E-state index contributed by atoms with van der Waals surface area (Å²) in [4.78, 5) is 4.19. The molecule has 0 spiro atoms. The van der Waals surface area contributed by atoms with Crippen LogP contribution in [-0.2, 0) is 13.2 Å². The van der Waals surface area contributed by atoms with Gasteiger partial charge in [0.1, 0.15) is 17.5 Å². The normalized spacial score (nSPS) is 10.6. The molecule has 0 bridgehead atoms. The summed E-state index contributed by atoms with van der Waals surface area (Å²) >= 11 is 12.3. The molecule has 0 saturated heterocycles. The van der Waals surface area contributed by atoms with Crippen molar-refractivity contribution in [3.05, 3.63) is 57.3 Å². The Morgan fingerprint density at radius 1 is 1.25 bits per heavy atom. The largest absolute Gasteiger partial charge is 0.488 e. The fourth-order valence-corrected chi connectivity index (χ4v) is 2.52. The number of hydrogen-bond acceptors (Lipinski definition) is 3. The third-order valence-corrected chi connectivity index (χ3v) is 3.51. The molecule has 1 aromatic carbocycles. The van der Waals surface area contributed by atoms with Crippen LogP contribution in [0.1, 0.15) is 16.8 Å². The summed E-state index contributed by atoms with van der Waals surface area (Å²) in [7, 11) is 1.90. The van der Waals surface area contributed by atoms with Gasteiger partial charge in [-0.15, -0.1) is 0 Å². The molecule has 0 fully saturated rings. The van der Waals surface area contributed by atoms with E-state index in [1.807, 2.05) is 38.2 Å². The van der Waals surface area contributed by atoms with E-state index in [1.165, 1.54) is 0 Å². The zero-order valence-electron chi connectivity index (χ0n) is 11.4. The molecule has 2 rings (SSSR count). The van der Waals surface area contributed by atoms with Crippen molar-refractivity contribution in [3.63, 3.8) is 0 Å². The highest BCUT2D eigenvalue weighted by atomic mass is 35.5. The Balaban J connectivity index is 2.17. The van der Waals surface area contributed by atoms with E-state index >= 15 is 0 Å². The predicted molar refractivity (Wildman–Crippen MR) is 82.5 cm³/mol. The summed E-state index contributed by atoms with van der Waals surface area (Å²) in [5, 5.41) is 4.08. The molecule has 1 aromatic heterocycles. The lowest BCUT2D eigenvalue weighted by atomic mass is 10.2. The van der Waals surface area contributed by atoms with Gasteiger partial charge in [0.05, 0.1) is 5.02 Å². The van der Waals surface area contributed by atoms with Crippen molar-refractivity contribution in [3.8, 4) is 5.75 Å². The molecule has 0 radical (unpaired) electrons. The Morgan fingerprint density at radius 2 is 2.00 bits per heavy atom. The second kappa shape index (κ2) is 6.93. The van der Waals surface area contributed by atoms with Crippen molar-refractivity contribution >= 4 is 23.2 Å². The van der Waals surface area contributed by atoms with Gasteiger partial charge in [-0.1, -0.05) is 41.4 Å². The van der Waals surface area contributed by atoms with E-state index in [4.69, 9.17) is 27.9 Å². The minimum atomic E-state index is 0.297. The quantitative estimate of drug-likeness (QED) is 0.848. The van der Waals surface area contributed by atoms with Gasteiger partial charge in [0.15, 0.2) is 0 Å². The van der Waals surface area contributed by atoms with Crippen molar-refractivity contribution in [1.29, 1.82) is 0 Å². The highest BCUT2D eigenvalue weighted by Gasteiger charge is 2.10. The number of aromatic nitrogens is 1. The molecule has 0 saturated carbocycles. The summed E-state index contributed by atoms with van der Waals surface area (Å²) in [6.07, 6.45) is 0. The van der Waals surface area contributed by atoms with Gasteiger partial charge in [0, 0.05) is 23.4 Å². The van der Waals surface area contributed by atoms with Gasteiger partial charge in [0.2, 0.25) is 0 Å². The van der Waals surface area contributed by atoms with Crippen LogP contribution in [0.4, 0.5) is 0 Å². The third kappa shape index (κ3) is 3.63. The molecule has 1 N–H and O–H groups in total. The molecule has 20 heavy (non-hydrogen) atoms. The molecule has 0 amide bonds. The first-order chi connectivity index (χ1) is 9.61. The molecule has 0 aliphatic carbocycles. The molecule has 5 heteroatoms. The van der Waals surface area contributed by atoms with E-state index in [-0.39, 0.29) is 0 Å². The molecular weight excluding hydrogens is 295 g/mol. The molecule has 0 atom stereocenters. The second-order valence-corrected chi connectivity index (χ2v) is 5.21. The smallest absolute Gasteiger partial charge is 0.137 e. The molecule has 1 heterocycles. The monoisotopic (exact) mass is 310 g/mol. The van der Waals surface area contributed by atoms with Crippen LogP contribution < -0.4 is 10.1 Å². The van der Waals surface area contributed by atoms with Gasteiger partial charge >= 0.3 is 0 Å². The molecular formula is C15H16Cl2N2O. The molecule has 0 aliphatic heterocycles. The zero-order valence-corrected chi connectivity index (χ0v) is 12.9. The first kappa shape index (κ1) is 15.1. The maximum Gasteiger partial charge on any atom is 0.137 e. The first-order valence-corrected chi connectivity index (χ1v) is 7.04. The predicted octanol–water partition coefficient (Wildman–Crippen LogP) is 4.00. The molecule has 3 nitrogen and oxygen atoms in total. The van der Waals surface area contributed by atoms with Gasteiger partial charge in [-0.25, -0.2) is 4.98 Å². The van der Waals surface area contributed by atoms with Gasteiger partial charge < -0.3 is 10.1 Å². The van der Waals surface area contributed by atoms with E-state index < -0.39 is 0 Å². The molecule has 0 unspecified atom stereocenters. The SMILES string of the molecule is CNCc1ccccc1OCc1c(Cl)cc(C)nc1Cl. The summed E-state index contributed by atoms with van der Waals surface area (Å²) in [5.41, 5.74) is 2.58. The Morgan fingerprint density at radius 3 is 2.70 bits per heavy atom. The standard InChI is InChI=1S/C15H16Cl2N2O/c1-10-7-13(16)12(15(17)19-10)9-20-14-6-4-3-5-11(14)8-18-2/h3-7,18H,8-9H2,1-2H3. The Kier molecular flexibility index (Phi) is 5.24. The number of nitrogens with zero attached hydrogens (tertiary/aromatic N) is 1. The lowest BCUT2D eigenvalue weighted by Crippen LogP contribution is -2.08. The van der Waals surface area contributed by atoms with E-state index in [1.54, 1.807) is 6.07 Å². The van der Waals surface area contributed by atoms with Crippen LogP contribution in [0.3, 0.4) is 0 Å². The number of halogens is 2. The minimum absolute atomic E-state index is 0.297. The molecule has 2 aromatic rings.